The minimum Gasteiger partial charge on any atom is -1.00 e. The molecule has 4 heteroatoms. The molecule has 0 aliphatic carbocycles. The second-order valence-electron chi connectivity index (χ2n) is 6.57. The number of aromatic nitrogens is 1. The van der Waals surface area contributed by atoms with Gasteiger partial charge in [-0.05, 0) is 42.3 Å². The van der Waals surface area contributed by atoms with Crippen molar-refractivity contribution >= 4 is 0 Å². The van der Waals surface area contributed by atoms with Crippen molar-refractivity contribution in [3.63, 3.8) is 0 Å². The highest BCUT2D eigenvalue weighted by Gasteiger charge is 2.05. The molecule has 0 atom stereocenters. The maximum atomic E-state index is 5.85. The Bertz CT molecular complexity index is 806. The SMILES string of the molecule is CCCCOc1ccc(OCCC[n+]2cccc(-c3ccccc3)c2)cc1.[Br-]. The molecule has 3 aromatic rings. The summed E-state index contributed by atoms with van der Waals surface area (Å²) in [7, 11) is 0. The van der Waals surface area contributed by atoms with Crippen LogP contribution in [0.15, 0.2) is 79.1 Å². The number of halogens is 1. The number of rotatable bonds is 10. The van der Waals surface area contributed by atoms with Crippen molar-refractivity contribution in [1.82, 2.24) is 0 Å². The third-order valence-electron chi connectivity index (χ3n) is 4.39. The predicted molar refractivity (Wildman–Crippen MR) is 109 cm³/mol. The van der Waals surface area contributed by atoms with Gasteiger partial charge in [0, 0.05) is 18.1 Å². The molecule has 0 spiro atoms. The maximum absolute atomic E-state index is 5.85. The molecule has 0 N–H and O–H groups in total. The first-order valence-corrected chi connectivity index (χ1v) is 9.75. The lowest BCUT2D eigenvalue weighted by molar-refractivity contribution is -0.696. The number of nitrogens with zero attached hydrogens (tertiary/aromatic N) is 1. The largest absolute Gasteiger partial charge is 1.00 e. The van der Waals surface area contributed by atoms with Crippen molar-refractivity contribution in [2.24, 2.45) is 0 Å². The Morgan fingerprint density at radius 3 is 1.96 bits per heavy atom. The Balaban J connectivity index is 0.00000280. The summed E-state index contributed by atoms with van der Waals surface area (Å²) in [6.45, 7) is 4.56. The van der Waals surface area contributed by atoms with Gasteiger partial charge < -0.3 is 26.5 Å². The zero-order chi connectivity index (χ0) is 18.7. The van der Waals surface area contributed by atoms with Crippen LogP contribution in [0.4, 0.5) is 0 Å². The van der Waals surface area contributed by atoms with Crippen molar-refractivity contribution in [2.75, 3.05) is 13.2 Å². The van der Waals surface area contributed by atoms with E-state index in [9.17, 15) is 0 Å². The zero-order valence-corrected chi connectivity index (χ0v) is 18.0. The van der Waals surface area contributed by atoms with Crippen LogP contribution < -0.4 is 31.0 Å². The lowest BCUT2D eigenvalue weighted by atomic mass is 10.1. The van der Waals surface area contributed by atoms with Crippen molar-refractivity contribution in [2.45, 2.75) is 32.7 Å². The van der Waals surface area contributed by atoms with Gasteiger partial charge in [-0.15, -0.1) is 0 Å². The molecule has 0 saturated carbocycles. The number of hydrogen-bond donors (Lipinski definition) is 0. The Morgan fingerprint density at radius 1 is 0.714 bits per heavy atom. The summed E-state index contributed by atoms with van der Waals surface area (Å²) in [5.41, 5.74) is 2.47. The third-order valence-corrected chi connectivity index (χ3v) is 4.39. The van der Waals surface area contributed by atoms with E-state index in [1.807, 2.05) is 30.3 Å². The van der Waals surface area contributed by atoms with Gasteiger partial charge in [-0.3, -0.25) is 0 Å². The van der Waals surface area contributed by atoms with Gasteiger partial charge in [0.2, 0.25) is 0 Å². The molecule has 3 rings (SSSR count). The number of ether oxygens (including phenoxy) is 2. The summed E-state index contributed by atoms with van der Waals surface area (Å²) < 4.78 is 13.7. The molecule has 28 heavy (non-hydrogen) atoms. The van der Waals surface area contributed by atoms with E-state index >= 15 is 0 Å². The first kappa shape index (κ1) is 22.0. The van der Waals surface area contributed by atoms with Crippen molar-refractivity contribution in [3.05, 3.63) is 79.1 Å². The highest BCUT2D eigenvalue weighted by Crippen LogP contribution is 2.18. The molecule has 148 valence electrons. The van der Waals surface area contributed by atoms with Gasteiger partial charge in [-0.25, -0.2) is 4.57 Å². The van der Waals surface area contributed by atoms with Crippen LogP contribution in [0.25, 0.3) is 11.1 Å². The number of benzene rings is 2. The molecule has 0 aliphatic heterocycles. The first-order chi connectivity index (χ1) is 13.3. The van der Waals surface area contributed by atoms with Crippen LogP contribution in [-0.4, -0.2) is 13.2 Å². The van der Waals surface area contributed by atoms with Gasteiger partial charge in [-0.2, -0.15) is 0 Å². The van der Waals surface area contributed by atoms with Crippen LogP contribution in [0, 0.1) is 0 Å². The van der Waals surface area contributed by atoms with E-state index in [1.54, 1.807) is 0 Å². The van der Waals surface area contributed by atoms with E-state index in [0.29, 0.717) is 6.61 Å². The van der Waals surface area contributed by atoms with Crippen molar-refractivity contribution in [3.8, 4) is 22.6 Å². The van der Waals surface area contributed by atoms with Crippen LogP contribution in [0.2, 0.25) is 0 Å². The van der Waals surface area contributed by atoms with Gasteiger partial charge in [0.1, 0.15) is 11.5 Å². The molecule has 0 radical (unpaired) electrons. The first-order valence-electron chi connectivity index (χ1n) is 9.75. The molecule has 1 aromatic heterocycles. The fourth-order valence-electron chi connectivity index (χ4n) is 2.87. The molecule has 3 nitrogen and oxygen atoms in total. The van der Waals surface area contributed by atoms with E-state index in [0.717, 1.165) is 43.9 Å². The normalized spacial score (nSPS) is 10.2. The summed E-state index contributed by atoms with van der Waals surface area (Å²) in [6.07, 6.45) is 7.49. The number of pyridine rings is 1. The summed E-state index contributed by atoms with van der Waals surface area (Å²) in [5, 5.41) is 0. The average Bonchev–Trinajstić information content (AvgIpc) is 2.73. The van der Waals surface area contributed by atoms with Gasteiger partial charge in [0.15, 0.2) is 18.9 Å². The Morgan fingerprint density at radius 2 is 1.32 bits per heavy atom. The van der Waals surface area contributed by atoms with Crippen LogP contribution in [0.3, 0.4) is 0 Å². The fourth-order valence-corrected chi connectivity index (χ4v) is 2.87. The van der Waals surface area contributed by atoms with E-state index in [4.69, 9.17) is 9.47 Å². The summed E-state index contributed by atoms with van der Waals surface area (Å²) in [6, 6.07) is 22.6. The minimum absolute atomic E-state index is 0. The molecule has 0 amide bonds. The van der Waals surface area contributed by atoms with Gasteiger partial charge in [-0.1, -0.05) is 43.7 Å². The maximum Gasteiger partial charge on any atom is 0.176 e. The van der Waals surface area contributed by atoms with Crippen LogP contribution in [-0.2, 0) is 6.54 Å². The number of aryl methyl sites for hydroxylation is 1. The molecule has 1 heterocycles. The fraction of sp³-hybridized carbons (Fsp3) is 0.292. The standard InChI is InChI=1S/C24H28NO2.BrH/c1-2-3-18-26-23-12-14-24(15-13-23)27-19-8-17-25-16-7-11-22(20-25)21-9-5-4-6-10-21;/h4-7,9-16,20H,2-3,8,17-19H2,1H3;1H/q+1;/p-1. The van der Waals surface area contributed by atoms with E-state index in [1.165, 1.54) is 11.1 Å². The van der Waals surface area contributed by atoms with Crippen molar-refractivity contribution < 1.29 is 31.0 Å². The topological polar surface area (TPSA) is 22.3 Å². The van der Waals surface area contributed by atoms with E-state index < -0.39 is 0 Å². The monoisotopic (exact) mass is 441 g/mol. The molecule has 0 bridgehead atoms. The van der Waals surface area contributed by atoms with Gasteiger partial charge in [0.25, 0.3) is 0 Å². The smallest absolute Gasteiger partial charge is 0.176 e. The lowest BCUT2D eigenvalue weighted by Gasteiger charge is -2.08. The number of unbranched alkanes of at least 4 members (excludes halogenated alkanes) is 1. The second-order valence-corrected chi connectivity index (χ2v) is 6.57. The molecule has 0 saturated heterocycles. The quantitative estimate of drug-likeness (QED) is 0.355. The Hall–Kier alpha value is -2.33. The molecular weight excluding hydrogens is 414 g/mol. The minimum atomic E-state index is 0. The Kier molecular flexibility index (Phi) is 9.56. The van der Waals surface area contributed by atoms with Crippen molar-refractivity contribution in [1.29, 1.82) is 0 Å². The Labute approximate surface area is 178 Å². The molecule has 0 aliphatic rings. The van der Waals surface area contributed by atoms with Gasteiger partial charge >= 0.3 is 0 Å². The molecular formula is C24H28BrNO2. The summed E-state index contributed by atoms with van der Waals surface area (Å²) >= 11 is 0. The highest BCUT2D eigenvalue weighted by atomic mass is 79.9. The molecule has 0 fully saturated rings. The van der Waals surface area contributed by atoms with E-state index in [2.05, 4.69) is 60.3 Å². The highest BCUT2D eigenvalue weighted by molar-refractivity contribution is 5.61. The van der Waals surface area contributed by atoms with E-state index in [-0.39, 0.29) is 17.0 Å². The predicted octanol–water partition coefficient (Wildman–Crippen LogP) is 2.29. The third kappa shape index (κ3) is 7.01. The zero-order valence-electron chi connectivity index (χ0n) is 16.4. The van der Waals surface area contributed by atoms with Crippen LogP contribution in [0.5, 0.6) is 11.5 Å². The molecule has 2 aromatic carbocycles. The average molecular weight is 442 g/mol. The summed E-state index contributed by atoms with van der Waals surface area (Å²) in [5.74, 6) is 1.80. The van der Waals surface area contributed by atoms with Crippen LogP contribution >= 0.6 is 0 Å². The molecule has 0 unspecified atom stereocenters. The summed E-state index contributed by atoms with van der Waals surface area (Å²) in [4.78, 5) is 0. The lowest BCUT2D eigenvalue weighted by Crippen LogP contribution is -3.00. The second kappa shape index (κ2) is 12.2. The van der Waals surface area contributed by atoms with Gasteiger partial charge in [0.05, 0.1) is 13.2 Å². The number of hydrogen-bond acceptors (Lipinski definition) is 2. The van der Waals surface area contributed by atoms with Crippen LogP contribution in [0.1, 0.15) is 26.2 Å².